The Morgan fingerprint density at radius 1 is 0.967 bits per heavy atom. The van der Waals surface area contributed by atoms with Gasteiger partial charge in [0.15, 0.2) is 0 Å². The third kappa shape index (κ3) is 4.11. The van der Waals surface area contributed by atoms with E-state index in [1.54, 1.807) is 12.1 Å². The number of hydrazone groups is 1. The summed E-state index contributed by atoms with van der Waals surface area (Å²) in [5.74, 6) is -0.565. The van der Waals surface area contributed by atoms with Gasteiger partial charge in [-0.25, -0.2) is 0 Å². The lowest BCUT2D eigenvalue weighted by atomic mass is 9.92. The number of amides is 1. The molecule has 0 aromatic heterocycles. The van der Waals surface area contributed by atoms with Crippen LogP contribution in [0.25, 0.3) is 0 Å². The Bertz CT molecular complexity index is 1200. The fraction of sp³-hybridized carbons (Fsp3) is 0.130. The number of carbonyl (C=O) groups excluding carboxylic acids is 1. The van der Waals surface area contributed by atoms with Crippen LogP contribution < -0.4 is 10.1 Å². The quantitative estimate of drug-likeness (QED) is 0.471. The molecule has 0 saturated carbocycles. The Morgan fingerprint density at radius 2 is 1.63 bits per heavy atom. The molecule has 30 heavy (non-hydrogen) atoms. The summed E-state index contributed by atoms with van der Waals surface area (Å²) in [6, 6.07) is 23.3. The van der Waals surface area contributed by atoms with Gasteiger partial charge in [0.2, 0.25) is 5.91 Å². The fourth-order valence-electron chi connectivity index (χ4n) is 3.42. The summed E-state index contributed by atoms with van der Waals surface area (Å²) in [5, 5.41) is 7.11. The average molecular weight is 420 g/mol. The SMILES string of the molecule is Cc1ccc(S(=O)(=O)N/N=C(/CC2C(=O)Nc3ccccc32)c2ccccc2)cc1. The zero-order chi connectivity index (χ0) is 21.1. The Kier molecular flexibility index (Phi) is 5.37. The molecule has 1 aliphatic heterocycles. The van der Waals surface area contributed by atoms with Crippen molar-refractivity contribution < 1.29 is 13.2 Å². The minimum Gasteiger partial charge on any atom is -0.325 e. The van der Waals surface area contributed by atoms with Gasteiger partial charge in [0, 0.05) is 12.1 Å². The van der Waals surface area contributed by atoms with Crippen LogP contribution in [0.3, 0.4) is 0 Å². The maximum atomic E-state index is 12.7. The van der Waals surface area contributed by atoms with Gasteiger partial charge in [-0.2, -0.15) is 18.4 Å². The summed E-state index contributed by atoms with van der Waals surface area (Å²) < 4.78 is 25.4. The number of nitrogens with zero attached hydrogens (tertiary/aromatic N) is 1. The monoisotopic (exact) mass is 419 g/mol. The van der Waals surface area contributed by atoms with Crippen LogP contribution in [0.5, 0.6) is 0 Å². The Labute approximate surface area is 175 Å². The van der Waals surface area contributed by atoms with Gasteiger partial charge in [0.25, 0.3) is 10.0 Å². The van der Waals surface area contributed by atoms with E-state index in [1.165, 1.54) is 12.1 Å². The molecule has 1 unspecified atom stereocenters. The fourth-order valence-corrected chi connectivity index (χ4v) is 4.25. The average Bonchev–Trinajstić information content (AvgIpc) is 3.07. The number of para-hydroxylation sites is 1. The van der Waals surface area contributed by atoms with E-state index in [0.29, 0.717) is 5.71 Å². The zero-order valence-corrected chi connectivity index (χ0v) is 17.2. The topological polar surface area (TPSA) is 87.6 Å². The third-order valence-corrected chi connectivity index (χ3v) is 6.27. The van der Waals surface area contributed by atoms with Crippen molar-refractivity contribution in [1.29, 1.82) is 0 Å². The Balaban J connectivity index is 1.66. The molecular weight excluding hydrogens is 398 g/mol. The molecule has 2 N–H and O–H groups in total. The summed E-state index contributed by atoms with van der Waals surface area (Å²) in [6.07, 6.45) is 0.267. The highest BCUT2D eigenvalue weighted by atomic mass is 32.2. The first-order chi connectivity index (χ1) is 14.4. The second-order valence-electron chi connectivity index (χ2n) is 7.17. The van der Waals surface area contributed by atoms with Crippen molar-refractivity contribution in [3.8, 4) is 0 Å². The van der Waals surface area contributed by atoms with E-state index in [-0.39, 0.29) is 17.2 Å². The molecule has 0 radical (unpaired) electrons. The van der Waals surface area contributed by atoms with Crippen molar-refractivity contribution in [2.45, 2.75) is 24.2 Å². The van der Waals surface area contributed by atoms with Gasteiger partial charge in [0.1, 0.15) is 0 Å². The smallest absolute Gasteiger partial charge is 0.276 e. The van der Waals surface area contributed by atoms with Crippen molar-refractivity contribution in [2.24, 2.45) is 5.10 Å². The minimum absolute atomic E-state index is 0.124. The number of carbonyl (C=O) groups is 1. The van der Waals surface area contributed by atoms with Crippen LogP contribution in [0, 0.1) is 6.92 Å². The van der Waals surface area contributed by atoms with Crippen LogP contribution in [0.2, 0.25) is 0 Å². The molecule has 3 aromatic carbocycles. The molecule has 1 aliphatic rings. The number of nitrogens with one attached hydrogen (secondary N) is 2. The van der Waals surface area contributed by atoms with E-state index in [4.69, 9.17) is 0 Å². The predicted molar refractivity (Wildman–Crippen MR) is 117 cm³/mol. The second-order valence-corrected chi connectivity index (χ2v) is 8.83. The van der Waals surface area contributed by atoms with E-state index >= 15 is 0 Å². The molecule has 0 saturated heterocycles. The van der Waals surface area contributed by atoms with E-state index in [0.717, 1.165) is 22.4 Å². The van der Waals surface area contributed by atoms with Gasteiger partial charge in [-0.05, 0) is 36.2 Å². The van der Waals surface area contributed by atoms with Crippen LogP contribution in [0.15, 0.2) is 88.9 Å². The highest BCUT2D eigenvalue weighted by Crippen LogP contribution is 2.35. The molecule has 0 bridgehead atoms. The molecule has 0 aliphatic carbocycles. The third-order valence-electron chi connectivity index (χ3n) is 5.05. The lowest BCUT2D eigenvalue weighted by Crippen LogP contribution is -2.23. The first-order valence-electron chi connectivity index (χ1n) is 9.54. The molecule has 1 heterocycles. The van der Waals surface area contributed by atoms with Crippen molar-refractivity contribution in [3.05, 3.63) is 95.6 Å². The van der Waals surface area contributed by atoms with Crippen LogP contribution >= 0.6 is 0 Å². The first-order valence-corrected chi connectivity index (χ1v) is 11.0. The highest BCUT2D eigenvalue weighted by molar-refractivity contribution is 7.89. The number of aryl methyl sites for hydroxylation is 1. The number of sulfonamides is 1. The van der Waals surface area contributed by atoms with Gasteiger partial charge in [-0.15, -0.1) is 0 Å². The predicted octanol–water partition coefficient (Wildman–Crippen LogP) is 3.80. The number of fused-ring (bicyclic) bond motifs is 1. The van der Waals surface area contributed by atoms with Crippen molar-refractivity contribution >= 4 is 27.3 Å². The maximum Gasteiger partial charge on any atom is 0.276 e. The lowest BCUT2D eigenvalue weighted by Gasteiger charge is -2.13. The molecule has 0 fully saturated rings. The number of hydrogen-bond acceptors (Lipinski definition) is 4. The van der Waals surface area contributed by atoms with Gasteiger partial charge in [0.05, 0.1) is 16.5 Å². The highest BCUT2D eigenvalue weighted by Gasteiger charge is 2.31. The zero-order valence-electron chi connectivity index (χ0n) is 16.4. The molecule has 1 atom stereocenters. The number of rotatable bonds is 6. The Morgan fingerprint density at radius 3 is 2.37 bits per heavy atom. The van der Waals surface area contributed by atoms with E-state index in [1.807, 2.05) is 61.5 Å². The molecule has 4 rings (SSSR count). The van der Waals surface area contributed by atoms with Crippen LogP contribution in [-0.2, 0) is 14.8 Å². The van der Waals surface area contributed by atoms with Crippen LogP contribution in [-0.4, -0.2) is 20.0 Å². The number of hydrogen-bond donors (Lipinski definition) is 2. The molecular formula is C23H21N3O3S. The minimum atomic E-state index is -3.83. The van der Waals surface area contributed by atoms with Crippen molar-refractivity contribution in [2.75, 3.05) is 5.32 Å². The lowest BCUT2D eigenvalue weighted by molar-refractivity contribution is -0.116. The first kappa shape index (κ1) is 19.8. The molecule has 0 spiro atoms. The second kappa shape index (κ2) is 8.12. The number of anilines is 1. The van der Waals surface area contributed by atoms with Crippen molar-refractivity contribution in [3.63, 3.8) is 0 Å². The van der Waals surface area contributed by atoms with E-state index in [9.17, 15) is 13.2 Å². The van der Waals surface area contributed by atoms with Crippen LogP contribution in [0.4, 0.5) is 5.69 Å². The maximum absolute atomic E-state index is 12.7. The Hall–Kier alpha value is -3.45. The summed E-state index contributed by atoms with van der Waals surface area (Å²) in [4.78, 5) is 15.0. The summed E-state index contributed by atoms with van der Waals surface area (Å²) in [7, 11) is -3.83. The largest absolute Gasteiger partial charge is 0.325 e. The summed E-state index contributed by atoms with van der Waals surface area (Å²) in [6.45, 7) is 1.89. The molecule has 3 aromatic rings. The standard InChI is InChI=1S/C23H21N3O3S/c1-16-11-13-18(14-12-16)30(28,29)26-25-22(17-7-3-2-4-8-17)15-20-19-9-5-6-10-21(19)24-23(20)27/h2-14,20,26H,15H2,1H3,(H,24,27)/b25-22-. The normalized spacial score (nSPS) is 16.1. The molecule has 1 amide bonds. The molecule has 152 valence electrons. The van der Waals surface area contributed by atoms with Gasteiger partial charge in [-0.3, -0.25) is 4.79 Å². The van der Waals surface area contributed by atoms with Crippen LogP contribution in [0.1, 0.15) is 29.0 Å². The van der Waals surface area contributed by atoms with E-state index < -0.39 is 15.9 Å². The van der Waals surface area contributed by atoms with Gasteiger partial charge < -0.3 is 5.32 Å². The summed E-state index contributed by atoms with van der Waals surface area (Å²) >= 11 is 0. The van der Waals surface area contributed by atoms with E-state index in [2.05, 4.69) is 15.2 Å². The van der Waals surface area contributed by atoms with Gasteiger partial charge in [-0.1, -0.05) is 66.2 Å². The van der Waals surface area contributed by atoms with Gasteiger partial charge >= 0.3 is 0 Å². The summed E-state index contributed by atoms with van der Waals surface area (Å²) in [5.41, 5.74) is 3.87. The molecule has 6 nitrogen and oxygen atoms in total. The number of benzene rings is 3. The molecule has 7 heteroatoms. The van der Waals surface area contributed by atoms with Crippen molar-refractivity contribution in [1.82, 2.24) is 4.83 Å².